The van der Waals surface area contributed by atoms with Gasteiger partial charge in [0.05, 0.1) is 0 Å². The van der Waals surface area contributed by atoms with Gasteiger partial charge < -0.3 is 11.1 Å². The van der Waals surface area contributed by atoms with Gasteiger partial charge in [-0.1, -0.05) is 0 Å². The lowest BCUT2D eigenvalue weighted by Gasteiger charge is -2.33. The van der Waals surface area contributed by atoms with Gasteiger partial charge in [-0.15, -0.1) is 0 Å². The van der Waals surface area contributed by atoms with Gasteiger partial charge in [0.2, 0.25) is 11.8 Å². The Bertz CT molecular complexity index is 293. The molecule has 3 nitrogen and oxygen atoms in total. The molecule has 1 unspecified atom stereocenters. The molecule has 0 saturated heterocycles. The van der Waals surface area contributed by atoms with E-state index < -0.39 is 35.8 Å². The highest BCUT2D eigenvalue weighted by Gasteiger charge is 2.61. The molecule has 0 heterocycles. The third kappa shape index (κ3) is 4.35. The second-order valence-electron chi connectivity index (χ2n) is 4.52. The number of carbonyl (C=O) groups excluding carboxylic acids is 1. The average Bonchev–Trinajstić information content (AvgIpc) is 1.94. The summed E-state index contributed by atoms with van der Waals surface area (Å²) in [5.41, 5.74) is 3.98. The van der Waals surface area contributed by atoms with E-state index in [4.69, 9.17) is 5.73 Å². The maximum Gasteiger partial charge on any atom is 0.409 e. The van der Waals surface area contributed by atoms with Crippen molar-refractivity contribution in [3.05, 3.63) is 0 Å². The van der Waals surface area contributed by atoms with Crippen LogP contribution >= 0.6 is 0 Å². The van der Waals surface area contributed by atoms with Crippen LogP contribution in [0.3, 0.4) is 0 Å². The summed E-state index contributed by atoms with van der Waals surface area (Å²) in [6, 6.07) is -0.816. The highest BCUT2D eigenvalue weighted by molar-refractivity contribution is 5.81. The fourth-order valence-corrected chi connectivity index (χ4v) is 0.986. The lowest BCUT2D eigenvalue weighted by Crippen LogP contribution is -2.59. The van der Waals surface area contributed by atoms with Crippen molar-refractivity contribution < 1.29 is 31.1 Å². The molecule has 0 spiro atoms. The maximum absolute atomic E-state index is 12.2. The SMILES string of the molecule is CC(N)C(C)(C)NC(=O)C(C(F)(F)F)C(F)(F)F. The van der Waals surface area contributed by atoms with E-state index in [2.05, 4.69) is 0 Å². The molecule has 9 heteroatoms. The van der Waals surface area contributed by atoms with Crippen LogP contribution in [0.4, 0.5) is 26.3 Å². The van der Waals surface area contributed by atoms with E-state index in [9.17, 15) is 31.1 Å². The van der Waals surface area contributed by atoms with E-state index in [-0.39, 0.29) is 0 Å². The highest BCUT2D eigenvalue weighted by Crippen LogP contribution is 2.39. The minimum absolute atomic E-state index is 0.816. The second-order valence-corrected chi connectivity index (χ2v) is 4.52. The molecule has 0 aliphatic rings. The van der Waals surface area contributed by atoms with Crippen LogP contribution < -0.4 is 11.1 Å². The maximum atomic E-state index is 12.2. The Morgan fingerprint density at radius 1 is 1.06 bits per heavy atom. The summed E-state index contributed by atoms with van der Waals surface area (Å²) in [4.78, 5) is 11.1. The van der Waals surface area contributed by atoms with Gasteiger partial charge in [0.25, 0.3) is 0 Å². The topological polar surface area (TPSA) is 55.1 Å². The second kappa shape index (κ2) is 4.94. The number of nitrogens with one attached hydrogen (secondary N) is 1. The molecule has 1 atom stereocenters. The summed E-state index contributed by atoms with van der Waals surface area (Å²) in [6.07, 6.45) is -11.4. The van der Waals surface area contributed by atoms with Gasteiger partial charge in [-0.05, 0) is 20.8 Å². The minimum atomic E-state index is -5.70. The lowest BCUT2D eigenvalue weighted by atomic mass is 9.95. The van der Waals surface area contributed by atoms with E-state index >= 15 is 0 Å². The Balaban J connectivity index is 5.15. The van der Waals surface area contributed by atoms with Gasteiger partial charge >= 0.3 is 12.4 Å². The quantitative estimate of drug-likeness (QED) is 0.777. The van der Waals surface area contributed by atoms with Crippen molar-refractivity contribution in [2.24, 2.45) is 11.7 Å². The van der Waals surface area contributed by atoms with Gasteiger partial charge in [0.1, 0.15) is 0 Å². The molecule has 0 aromatic carbocycles. The predicted molar refractivity (Wildman–Crippen MR) is 51.5 cm³/mol. The molecule has 108 valence electrons. The monoisotopic (exact) mass is 280 g/mol. The van der Waals surface area contributed by atoms with Crippen LogP contribution in [-0.4, -0.2) is 29.8 Å². The fraction of sp³-hybridized carbons (Fsp3) is 0.889. The summed E-state index contributed by atoms with van der Waals surface area (Å²) in [5, 5.41) is 1.66. The molecule has 0 aliphatic carbocycles. The number of hydrogen-bond acceptors (Lipinski definition) is 2. The smallest absolute Gasteiger partial charge is 0.349 e. The van der Waals surface area contributed by atoms with E-state index in [0.29, 0.717) is 0 Å². The molecule has 0 bridgehead atoms. The van der Waals surface area contributed by atoms with Gasteiger partial charge in [0.15, 0.2) is 0 Å². The minimum Gasteiger partial charge on any atom is -0.349 e. The number of amides is 1. The lowest BCUT2D eigenvalue weighted by molar-refractivity contribution is -0.274. The summed E-state index contributed by atoms with van der Waals surface area (Å²) < 4.78 is 73.4. The van der Waals surface area contributed by atoms with Crippen LogP contribution in [0.2, 0.25) is 0 Å². The van der Waals surface area contributed by atoms with E-state index in [1.165, 1.54) is 20.8 Å². The van der Waals surface area contributed by atoms with Gasteiger partial charge in [0, 0.05) is 11.6 Å². The summed E-state index contributed by atoms with van der Waals surface area (Å²) in [7, 11) is 0. The third-order valence-electron chi connectivity index (χ3n) is 2.50. The first-order valence-corrected chi connectivity index (χ1v) is 4.90. The molecule has 3 N–H and O–H groups in total. The zero-order chi connectivity index (χ0) is 14.9. The van der Waals surface area contributed by atoms with Gasteiger partial charge in [-0.3, -0.25) is 4.79 Å². The molecular formula is C9H14F6N2O. The molecule has 18 heavy (non-hydrogen) atoms. The Morgan fingerprint density at radius 3 is 1.61 bits per heavy atom. The molecule has 0 radical (unpaired) electrons. The Labute approximate surface area is 99.7 Å². The van der Waals surface area contributed by atoms with Crippen molar-refractivity contribution in [2.45, 2.75) is 44.7 Å². The van der Waals surface area contributed by atoms with Crippen molar-refractivity contribution in [2.75, 3.05) is 0 Å². The first-order chi connectivity index (χ1) is 7.69. The third-order valence-corrected chi connectivity index (χ3v) is 2.50. The number of hydrogen-bond donors (Lipinski definition) is 2. The van der Waals surface area contributed by atoms with Crippen molar-refractivity contribution in [3.8, 4) is 0 Å². The highest BCUT2D eigenvalue weighted by atomic mass is 19.4. The van der Waals surface area contributed by atoms with Crippen LogP contribution in [0.5, 0.6) is 0 Å². The number of rotatable bonds is 3. The number of halogens is 6. The molecule has 0 aliphatic heterocycles. The molecular weight excluding hydrogens is 266 g/mol. The van der Waals surface area contributed by atoms with Crippen LogP contribution in [0.1, 0.15) is 20.8 Å². The number of carbonyl (C=O) groups is 1. The Kier molecular flexibility index (Phi) is 4.67. The number of alkyl halides is 6. The average molecular weight is 280 g/mol. The van der Waals surface area contributed by atoms with Gasteiger partial charge in [-0.25, -0.2) is 0 Å². The van der Waals surface area contributed by atoms with Gasteiger partial charge in [-0.2, -0.15) is 26.3 Å². The first kappa shape index (κ1) is 17.0. The zero-order valence-electron chi connectivity index (χ0n) is 9.91. The largest absolute Gasteiger partial charge is 0.409 e. The predicted octanol–water partition coefficient (Wildman–Crippen LogP) is 1.97. The molecule has 1 amide bonds. The molecule has 0 aromatic heterocycles. The van der Waals surface area contributed by atoms with E-state index in [0.717, 1.165) is 0 Å². The van der Waals surface area contributed by atoms with Crippen LogP contribution in [-0.2, 0) is 4.79 Å². The van der Waals surface area contributed by atoms with Crippen LogP contribution in [0.25, 0.3) is 0 Å². The van der Waals surface area contributed by atoms with Crippen molar-refractivity contribution in [3.63, 3.8) is 0 Å². The standard InChI is InChI=1S/C9H14F6N2O/c1-4(16)7(2,3)17-6(18)5(8(10,11)12)9(13,14)15/h4-5H,16H2,1-3H3,(H,17,18). The summed E-state index contributed by atoms with van der Waals surface area (Å²) in [6.45, 7) is 3.83. The Hall–Kier alpha value is -0.990. The van der Waals surface area contributed by atoms with Crippen LogP contribution in [0.15, 0.2) is 0 Å². The van der Waals surface area contributed by atoms with Crippen LogP contribution in [0, 0.1) is 5.92 Å². The first-order valence-electron chi connectivity index (χ1n) is 4.90. The molecule has 0 fully saturated rings. The fourth-order valence-electron chi connectivity index (χ4n) is 0.986. The van der Waals surface area contributed by atoms with Crippen molar-refractivity contribution >= 4 is 5.91 Å². The van der Waals surface area contributed by atoms with E-state index in [1.807, 2.05) is 0 Å². The number of nitrogens with two attached hydrogens (primary N) is 1. The Morgan fingerprint density at radius 2 is 1.39 bits per heavy atom. The van der Waals surface area contributed by atoms with E-state index in [1.54, 1.807) is 5.32 Å². The summed E-state index contributed by atoms with van der Waals surface area (Å²) >= 11 is 0. The molecule has 0 saturated carbocycles. The normalized spacial score (nSPS) is 15.7. The summed E-state index contributed by atoms with van der Waals surface area (Å²) in [5.74, 6) is -6.21. The molecule has 0 aromatic rings. The molecule has 0 rings (SSSR count). The van der Waals surface area contributed by atoms with Crippen molar-refractivity contribution in [1.82, 2.24) is 5.32 Å². The zero-order valence-corrected chi connectivity index (χ0v) is 9.91. The van der Waals surface area contributed by atoms with Crippen molar-refractivity contribution in [1.29, 1.82) is 0 Å².